The molecule has 1 fully saturated rings. The fraction of sp³-hybridized carbons (Fsp3) is 0.176. The highest BCUT2D eigenvalue weighted by molar-refractivity contribution is 6.30. The van der Waals surface area contributed by atoms with Crippen LogP contribution in [0.2, 0.25) is 5.02 Å². The summed E-state index contributed by atoms with van der Waals surface area (Å²) in [6, 6.07) is 16.0. The highest BCUT2D eigenvalue weighted by Crippen LogP contribution is 2.20. The van der Waals surface area contributed by atoms with Crippen molar-refractivity contribution in [1.82, 2.24) is 5.43 Å². The van der Waals surface area contributed by atoms with Gasteiger partial charge in [-0.05, 0) is 50.2 Å². The number of aliphatic carboxylic acids is 1. The fourth-order valence-corrected chi connectivity index (χ4v) is 1.80. The Morgan fingerprint density at radius 3 is 2.12 bits per heavy atom. The van der Waals surface area contributed by atoms with Gasteiger partial charge in [0.15, 0.2) is 5.60 Å². The minimum absolute atomic E-state index is 0.0359. The number of hydrazine groups is 1. The number of halogens is 1. The van der Waals surface area contributed by atoms with E-state index < -0.39 is 11.6 Å². The second kappa shape index (κ2) is 7.23. The van der Waals surface area contributed by atoms with Gasteiger partial charge in [-0.3, -0.25) is 0 Å². The average molecular weight is 349 g/mol. The SMILES string of the molecule is CC(C)(Oc1ccc(Cl)cc1)C(=O)O.O=C1NN1c1ccccc1. The molecule has 2 amide bonds. The summed E-state index contributed by atoms with van der Waals surface area (Å²) >= 11 is 5.67. The minimum atomic E-state index is -1.23. The van der Waals surface area contributed by atoms with Crippen molar-refractivity contribution >= 4 is 29.3 Å². The number of benzene rings is 2. The molecule has 0 atom stereocenters. The molecule has 1 aliphatic rings. The van der Waals surface area contributed by atoms with E-state index >= 15 is 0 Å². The second-order valence-corrected chi connectivity index (χ2v) is 5.90. The van der Waals surface area contributed by atoms with E-state index in [2.05, 4.69) is 5.43 Å². The molecular weight excluding hydrogens is 332 g/mol. The molecular formula is C17H17ClN2O4. The molecule has 3 rings (SSSR count). The first-order valence-electron chi connectivity index (χ1n) is 7.13. The van der Waals surface area contributed by atoms with Gasteiger partial charge in [0.1, 0.15) is 5.75 Å². The Balaban J connectivity index is 0.000000182. The standard InChI is InChI=1S/C10H11ClO3.C7H6N2O/c1-10(2,9(12)13)14-8-5-3-7(11)4-6-8;10-7-8-9(7)6-4-2-1-3-5-6/h3-6H,1-2H3,(H,12,13);1-5H,(H,8,10). The summed E-state index contributed by atoms with van der Waals surface area (Å²) in [4.78, 5) is 21.2. The van der Waals surface area contributed by atoms with Gasteiger partial charge in [-0.1, -0.05) is 29.8 Å². The van der Waals surface area contributed by atoms with Crippen LogP contribution >= 0.6 is 11.6 Å². The van der Waals surface area contributed by atoms with E-state index in [0.717, 1.165) is 5.69 Å². The smallest absolute Gasteiger partial charge is 0.360 e. The largest absolute Gasteiger partial charge is 0.478 e. The molecule has 6 nitrogen and oxygen atoms in total. The maximum atomic E-state index is 10.7. The van der Waals surface area contributed by atoms with Crippen molar-refractivity contribution in [2.24, 2.45) is 0 Å². The van der Waals surface area contributed by atoms with E-state index in [-0.39, 0.29) is 6.03 Å². The lowest BCUT2D eigenvalue weighted by atomic mass is 10.1. The number of para-hydroxylation sites is 1. The third kappa shape index (κ3) is 4.89. The number of urea groups is 1. The highest BCUT2D eigenvalue weighted by Gasteiger charge is 2.30. The number of nitrogens with zero attached hydrogens (tertiary/aromatic N) is 1. The van der Waals surface area contributed by atoms with Crippen LogP contribution in [0.3, 0.4) is 0 Å². The molecule has 1 heterocycles. The van der Waals surface area contributed by atoms with Gasteiger partial charge in [-0.15, -0.1) is 0 Å². The highest BCUT2D eigenvalue weighted by atomic mass is 35.5. The number of rotatable bonds is 4. The van der Waals surface area contributed by atoms with Crippen LogP contribution in [0.4, 0.5) is 10.5 Å². The zero-order valence-corrected chi connectivity index (χ0v) is 13.9. The van der Waals surface area contributed by atoms with Gasteiger partial charge < -0.3 is 9.84 Å². The van der Waals surface area contributed by atoms with Crippen LogP contribution < -0.4 is 15.2 Å². The summed E-state index contributed by atoms with van der Waals surface area (Å²) in [5, 5.41) is 10.9. The Hall–Kier alpha value is -2.73. The molecule has 0 radical (unpaired) electrons. The van der Waals surface area contributed by atoms with Gasteiger partial charge in [0.2, 0.25) is 0 Å². The second-order valence-electron chi connectivity index (χ2n) is 5.46. The number of amides is 2. The van der Waals surface area contributed by atoms with Crippen LogP contribution in [0.15, 0.2) is 54.6 Å². The Labute approximate surface area is 144 Å². The number of carbonyl (C=O) groups excluding carboxylic acids is 1. The molecule has 0 saturated carbocycles. The van der Waals surface area contributed by atoms with Crippen molar-refractivity contribution < 1.29 is 19.4 Å². The Kier molecular flexibility index (Phi) is 5.31. The molecule has 0 aromatic heterocycles. The van der Waals surface area contributed by atoms with Crippen LogP contribution in [0.5, 0.6) is 5.75 Å². The quantitative estimate of drug-likeness (QED) is 0.824. The lowest BCUT2D eigenvalue weighted by Crippen LogP contribution is -2.37. The maximum Gasteiger partial charge on any atom is 0.360 e. The van der Waals surface area contributed by atoms with Gasteiger partial charge >= 0.3 is 12.0 Å². The Bertz CT molecular complexity index is 717. The first kappa shape index (κ1) is 17.6. The third-order valence-corrected chi connectivity index (χ3v) is 3.33. The Morgan fingerprint density at radius 2 is 1.67 bits per heavy atom. The molecule has 7 heteroatoms. The van der Waals surface area contributed by atoms with Crippen molar-refractivity contribution in [3.8, 4) is 5.75 Å². The summed E-state index contributed by atoms with van der Waals surface area (Å²) in [6.07, 6.45) is 0. The van der Waals surface area contributed by atoms with E-state index in [1.807, 2.05) is 30.3 Å². The molecule has 0 bridgehead atoms. The van der Waals surface area contributed by atoms with E-state index in [4.69, 9.17) is 21.4 Å². The number of anilines is 1. The molecule has 2 N–H and O–H groups in total. The van der Waals surface area contributed by atoms with E-state index in [9.17, 15) is 9.59 Å². The number of hydrogen-bond acceptors (Lipinski definition) is 3. The number of carboxylic acids is 1. The molecule has 2 aromatic rings. The fourth-order valence-electron chi connectivity index (χ4n) is 1.67. The molecule has 2 aromatic carbocycles. The summed E-state index contributed by atoms with van der Waals surface area (Å²) in [6.45, 7) is 2.98. The van der Waals surface area contributed by atoms with Gasteiger partial charge in [0, 0.05) is 5.02 Å². The zero-order chi connectivity index (χ0) is 17.7. The minimum Gasteiger partial charge on any atom is -0.478 e. The topological polar surface area (TPSA) is 88.6 Å². The van der Waals surface area contributed by atoms with Crippen molar-refractivity contribution in [3.05, 3.63) is 59.6 Å². The van der Waals surface area contributed by atoms with Gasteiger partial charge in [0.25, 0.3) is 0 Å². The van der Waals surface area contributed by atoms with Crippen molar-refractivity contribution in [1.29, 1.82) is 0 Å². The molecule has 0 unspecified atom stereocenters. The van der Waals surface area contributed by atoms with Crippen LogP contribution in [-0.4, -0.2) is 22.7 Å². The molecule has 126 valence electrons. The number of carbonyl (C=O) groups is 2. The maximum absolute atomic E-state index is 10.7. The van der Waals surface area contributed by atoms with E-state index in [1.165, 1.54) is 18.9 Å². The number of nitrogens with one attached hydrogen (secondary N) is 1. The lowest BCUT2D eigenvalue weighted by molar-refractivity contribution is -0.152. The molecule has 0 spiro atoms. The van der Waals surface area contributed by atoms with Gasteiger partial charge in [0.05, 0.1) is 5.69 Å². The first-order valence-corrected chi connectivity index (χ1v) is 7.51. The summed E-state index contributed by atoms with van der Waals surface area (Å²) in [7, 11) is 0. The van der Waals surface area contributed by atoms with Gasteiger partial charge in [-0.2, -0.15) is 5.01 Å². The first-order chi connectivity index (χ1) is 11.3. The molecule has 1 aliphatic heterocycles. The van der Waals surface area contributed by atoms with Crippen molar-refractivity contribution in [2.45, 2.75) is 19.4 Å². The van der Waals surface area contributed by atoms with Crippen LogP contribution in [-0.2, 0) is 4.79 Å². The average Bonchev–Trinajstić information content (AvgIpc) is 3.28. The van der Waals surface area contributed by atoms with Gasteiger partial charge in [-0.25, -0.2) is 15.0 Å². The molecule has 24 heavy (non-hydrogen) atoms. The van der Waals surface area contributed by atoms with Crippen LogP contribution in [0.1, 0.15) is 13.8 Å². The van der Waals surface area contributed by atoms with Crippen LogP contribution in [0, 0.1) is 0 Å². The molecule has 0 aliphatic carbocycles. The van der Waals surface area contributed by atoms with E-state index in [0.29, 0.717) is 10.8 Å². The Morgan fingerprint density at radius 1 is 1.12 bits per heavy atom. The van der Waals surface area contributed by atoms with E-state index in [1.54, 1.807) is 24.3 Å². The normalized spacial score (nSPS) is 12.6. The number of carboxylic acid groups (broad SMARTS) is 1. The third-order valence-electron chi connectivity index (χ3n) is 3.08. The van der Waals surface area contributed by atoms with Crippen molar-refractivity contribution in [2.75, 3.05) is 5.01 Å². The number of hydrogen-bond donors (Lipinski definition) is 2. The lowest BCUT2D eigenvalue weighted by Gasteiger charge is -2.21. The summed E-state index contributed by atoms with van der Waals surface area (Å²) in [5.74, 6) is -0.519. The summed E-state index contributed by atoms with van der Waals surface area (Å²) in [5.41, 5.74) is 2.21. The predicted octanol–water partition coefficient (Wildman–Crippen LogP) is 3.71. The zero-order valence-electron chi connectivity index (χ0n) is 13.2. The van der Waals surface area contributed by atoms with Crippen molar-refractivity contribution in [3.63, 3.8) is 0 Å². The number of ether oxygens (including phenoxy) is 1. The summed E-state index contributed by atoms with van der Waals surface area (Å²) < 4.78 is 5.26. The van der Waals surface area contributed by atoms with Crippen LogP contribution in [0.25, 0.3) is 0 Å². The monoisotopic (exact) mass is 348 g/mol. The predicted molar refractivity (Wildman–Crippen MR) is 91.2 cm³/mol. The molecule has 1 saturated heterocycles.